The summed E-state index contributed by atoms with van der Waals surface area (Å²) in [5.41, 5.74) is -0.463. The molecular weight excluding hydrogens is 363 g/mol. The van der Waals surface area contributed by atoms with Crippen LogP contribution < -0.4 is 10.9 Å². The van der Waals surface area contributed by atoms with Gasteiger partial charge in [-0.1, -0.05) is 17.3 Å². The van der Waals surface area contributed by atoms with Gasteiger partial charge >= 0.3 is 6.18 Å². The summed E-state index contributed by atoms with van der Waals surface area (Å²) in [6, 6.07) is 8.59. The van der Waals surface area contributed by atoms with Crippen LogP contribution in [0.4, 0.5) is 19.0 Å². The normalized spacial score (nSPS) is 11.4. The summed E-state index contributed by atoms with van der Waals surface area (Å²) in [5.74, 6) is 0.264. The lowest BCUT2D eigenvalue weighted by molar-refractivity contribution is -0.137. The van der Waals surface area contributed by atoms with Crippen molar-refractivity contribution in [3.05, 3.63) is 81.5 Å². The van der Waals surface area contributed by atoms with E-state index < -0.39 is 17.6 Å². The van der Waals surface area contributed by atoms with E-state index in [1.807, 2.05) is 0 Å². The number of alkyl halides is 3. The van der Waals surface area contributed by atoms with Crippen LogP contribution in [0.1, 0.15) is 27.2 Å². The van der Waals surface area contributed by atoms with Crippen molar-refractivity contribution in [2.45, 2.75) is 19.6 Å². The first-order valence-electron chi connectivity index (χ1n) is 7.84. The summed E-state index contributed by atoms with van der Waals surface area (Å²) in [7, 11) is 0. The molecule has 2 heterocycles. The number of hydrogen-bond acceptors (Lipinski definition) is 4. The van der Waals surface area contributed by atoms with Gasteiger partial charge in [-0.05, 0) is 30.7 Å². The van der Waals surface area contributed by atoms with Gasteiger partial charge in [0.2, 0.25) is 0 Å². The van der Waals surface area contributed by atoms with Crippen molar-refractivity contribution in [2.75, 3.05) is 5.32 Å². The summed E-state index contributed by atoms with van der Waals surface area (Å²) < 4.78 is 44.0. The molecule has 1 amide bonds. The molecule has 0 saturated heterocycles. The number of aryl methyl sites for hydroxylation is 1. The van der Waals surface area contributed by atoms with E-state index >= 15 is 0 Å². The number of carbonyl (C=O) groups is 1. The van der Waals surface area contributed by atoms with E-state index in [2.05, 4.69) is 10.5 Å². The van der Waals surface area contributed by atoms with Gasteiger partial charge in [-0.2, -0.15) is 13.2 Å². The molecule has 0 saturated carbocycles. The second-order valence-corrected chi connectivity index (χ2v) is 5.86. The molecule has 2 aromatic heterocycles. The first-order chi connectivity index (χ1) is 12.7. The van der Waals surface area contributed by atoms with E-state index in [4.69, 9.17) is 4.52 Å². The molecule has 0 aliphatic carbocycles. The third-order valence-corrected chi connectivity index (χ3v) is 3.75. The van der Waals surface area contributed by atoms with Crippen LogP contribution in [0.5, 0.6) is 0 Å². The van der Waals surface area contributed by atoms with Crippen molar-refractivity contribution < 1.29 is 22.5 Å². The SMILES string of the molecule is Cc1cc(NC(=O)c2ccc(=O)n(Cc3ccc(C(F)(F)F)cc3)c2)no1. The Labute approximate surface area is 151 Å². The Kier molecular flexibility index (Phi) is 4.85. The summed E-state index contributed by atoms with van der Waals surface area (Å²) in [4.78, 5) is 24.3. The molecule has 0 bridgehead atoms. The van der Waals surface area contributed by atoms with E-state index in [9.17, 15) is 22.8 Å². The van der Waals surface area contributed by atoms with Gasteiger partial charge in [0.15, 0.2) is 5.82 Å². The maximum atomic E-state index is 12.6. The summed E-state index contributed by atoms with van der Waals surface area (Å²) >= 11 is 0. The molecule has 6 nitrogen and oxygen atoms in total. The minimum atomic E-state index is -4.42. The Morgan fingerprint density at radius 1 is 1.19 bits per heavy atom. The molecule has 1 aromatic carbocycles. The predicted molar refractivity (Wildman–Crippen MR) is 90.4 cm³/mol. The van der Waals surface area contributed by atoms with Crippen molar-refractivity contribution in [2.24, 2.45) is 0 Å². The number of nitrogens with one attached hydrogen (secondary N) is 1. The first-order valence-corrected chi connectivity index (χ1v) is 7.84. The minimum Gasteiger partial charge on any atom is -0.360 e. The first kappa shape index (κ1) is 18.4. The molecule has 1 N–H and O–H groups in total. The molecule has 0 fully saturated rings. The molecule has 0 spiro atoms. The number of aromatic nitrogens is 2. The highest BCUT2D eigenvalue weighted by molar-refractivity contribution is 6.03. The van der Waals surface area contributed by atoms with E-state index in [1.165, 1.54) is 41.1 Å². The third-order valence-electron chi connectivity index (χ3n) is 3.75. The standard InChI is InChI=1S/C18H14F3N3O3/c1-11-8-15(23-27-11)22-17(26)13-4-7-16(25)24(10-13)9-12-2-5-14(6-3-12)18(19,20)21/h2-8,10H,9H2,1H3,(H,22,23,26). The summed E-state index contributed by atoms with van der Waals surface area (Å²) in [6.45, 7) is 1.70. The van der Waals surface area contributed by atoms with Gasteiger partial charge in [0, 0.05) is 18.3 Å². The summed E-state index contributed by atoms with van der Waals surface area (Å²) in [5, 5.41) is 6.18. The Morgan fingerprint density at radius 2 is 1.89 bits per heavy atom. The fourth-order valence-corrected chi connectivity index (χ4v) is 2.40. The highest BCUT2D eigenvalue weighted by Gasteiger charge is 2.29. The van der Waals surface area contributed by atoms with Gasteiger partial charge in [0.1, 0.15) is 5.76 Å². The molecule has 27 heavy (non-hydrogen) atoms. The largest absolute Gasteiger partial charge is 0.416 e. The van der Waals surface area contributed by atoms with E-state index in [1.54, 1.807) is 6.92 Å². The van der Waals surface area contributed by atoms with Gasteiger partial charge in [-0.3, -0.25) is 9.59 Å². The molecule has 0 atom stereocenters. The van der Waals surface area contributed by atoms with Crippen LogP contribution in [0.15, 0.2) is 58.0 Å². The molecule has 0 aliphatic heterocycles. The van der Waals surface area contributed by atoms with Crippen molar-refractivity contribution in [1.29, 1.82) is 0 Å². The zero-order valence-electron chi connectivity index (χ0n) is 14.1. The molecule has 3 aromatic rings. The predicted octanol–water partition coefficient (Wildman–Crippen LogP) is 3.46. The highest BCUT2D eigenvalue weighted by Crippen LogP contribution is 2.29. The average Bonchev–Trinajstić information content (AvgIpc) is 3.01. The van der Waals surface area contributed by atoms with Crippen LogP contribution in [0.2, 0.25) is 0 Å². The Balaban J connectivity index is 1.79. The lowest BCUT2D eigenvalue weighted by Gasteiger charge is -2.10. The number of amides is 1. The lowest BCUT2D eigenvalue weighted by Crippen LogP contribution is -2.22. The number of carbonyl (C=O) groups excluding carboxylic acids is 1. The zero-order chi connectivity index (χ0) is 19.6. The molecule has 9 heteroatoms. The van der Waals surface area contributed by atoms with Gasteiger partial charge in [0.05, 0.1) is 17.7 Å². The minimum absolute atomic E-state index is 0.0289. The molecule has 140 valence electrons. The van der Waals surface area contributed by atoms with Crippen LogP contribution >= 0.6 is 0 Å². The fourth-order valence-electron chi connectivity index (χ4n) is 2.40. The Bertz CT molecular complexity index is 1020. The summed E-state index contributed by atoms with van der Waals surface area (Å²) in [6.07, 6.45) is -3.09. The van der Waals surface area contributed by atoms with Gasteiger partial charge in [-0.25, -0.2) is 0 Å². The average molecular weight is 377 g/mol. The van der Waals surface area contributed by atoms with Gasteiger partial charge in [-0.15, -0.1) is 0 Å². The van der Waals surface area contributed by atoms with Crippen LogP contribution in [0, 0.1) is 6.92 Å². The zero-order valence-corrected chi connectivity index (χ0v) is 14.1. The maximum Gasteiger partial charge on any atom is 0.416 e. The van der Waals surface area contributed by atoms with Gasteiger partial charge < -0.3 is 14.4 Å². The third kappa shape index (κ3) is 4.43. The molecule has 0 unspecified atom stereocenters. The number of pyridine rings is 1. The maximum absolute atomic E-state index is 12.6. The van der Waals surface area contributed by atoms with Crippen LogP contribution in [0.3, 0.4) is 0 Å². The number of anilines is 1. The van der Waals surface area contributed by atoms with Crippen molar-refractivity contribution in [1.82, 2.24) is 9.72 Å². The quantitative estimate of drug-likeness (QED) is 0.755. The Hall–Kier alpha value is -3.36. The number of rotatable bonds is 4. The molecule has 0 aliphatic rings. The van der Waals surface area contributed by atoms with Crippen molar-refractivity contribution in [3.63, 3.8) is 0 Å². The Morgan fingerprint density at radius 3 is 2.48 bits per heavy atom. The number of nitrogens with zero attached hydrogens (tertiary/aromatic N) is 2. The fraction of sp³-hybridized carbons (Fsp3) is 0.167. The molecule has 0 radical (unpaired) electrons. The monoisotopic (exact) mass is 377 g/mol. The van der Waals surface area contributed by atoms with E-state index in [0.29, 0.717) is 11.3 Å². The second-order valence-electron chi connectivity index (χ2n) is 5.86. The van der Waals surface area contributed by atoms with Crippen molar-refractivity contribution >= 4 is 11.7 Å². The highest BCUT2D eigenvalue weighted by atomic mass is 19.4. The van der Waals surface area contributed by atoms with Crippen LogP contribution in [-0.2, 0) is 12.7 Å². The number of benzene rings is 1. The van der Waals surface area contributed by atoms with E-state index in [0.717, 1.165) is 12.1 Å². The molecular formula is C18H14F3N3O3. The van der Waals surface area contributed by atoms with Crippen molar-refractivity contribution in [3.8, 4) is 0 Å². The van der Waals surface area contributed by atoms with Gasteiger partial charge in [0.25, 0.3) is 11.5 Å². The number of hydrogen-bond donors (Lipinski definition) is 1. The van der Waals surface area contributed by atoms with Crippen LogP contribution in [0.25, 0.3) is 0 Å². The molecule has 3 rings (SSSR count). The van der Waals surface area contributed by atoms with E-state index in [-0.39, 0.29) is 23.5 Å². The topological polar surface area (TPSA) is 77.1 Å². The van der Waals surface area contributed by atoms with Crippen LogP contribution in [-0.4, -0.2) is 15.6 Å². The number of halogens is 3. The second kappa shape index (κ2) is 7.10. The lowest BCUT2D eigenvalue weighted by atomic mass is 10.1. The smallest absolute Gasteiger partial charge is 0.360 e.